The Morgan fingerprint density at radius 3 is 2.27 bits per heavy atom. The molecule has 0 radical (unpaired) electrons. The Balaban J connectivity index is 2.88. The van der Waals surface area contributed by atoms with Gasteiger partial charge in [0.05, 0.1) is 5.92 Å². The fourth-order valence-electron chi connectivity index (χ4n) is 2.79. The number of hydrogen-bond donors (Lipinski definition) is 1. The minimum atomic E-state index is -0.606. The summed E-state index contributed by atoms with van der Waals surface area (Å²) in [5.74, 6) is -0.442. The Morgan fingerprint density at radius 1 is 1.33 bits per heavy atom. The maximum Gasteiger partial charge on any atom is 0.306 e. The summed E-state index contributed by atoms with van der Waals surface area (Å²) < 4.78 is 0. The lowest BCUT2D eigenvalue weighted by atomic mass is 9.59. The van der Waals surface area contributed by atoms with Crippen molar-refractivity contribution in [2.75, 3.05) is 0 Å². The van der Waals surface area contributed by atoms with Crippen LogP contribution in [0.15, 0.2) is 0 Å². The van der Waals surface area contributed by atoms with E-state index in [-0.39, 0.29) is 11.3 Å². The smallest absolute Gasteiger partial charge is 0.306 e. The lowest BCUT2D eigenvalue weighted by Gasteiger charge is -2.45. The first kappa shape index (κ1) is 12.5. The van der Waals surface area contributed by atoms with Crippen LogP contribution >= 0.6 is 0 Å². The summed E-state index contributed by atoms with van der Waals surface area (Å²) in [6.45, 7) is 11.0. The average Bonchev–Trinajstić information content (AvgIpc) is 2.00. The molecule has 0 amide bonds. The van der Waals surface area contributed by atoms with Gasteiger partial charge in [-0.15, -0.1) is 0 Å². The third-order valence-corrected chi connectivity index (χ3v) is 3.82. The van der Waals surface area contributed by atoms with Crippen LogP contribution in [0.1, 0.15) is 53.9 Å². The molecule has 1 aliphatic carbocycles. The summed E-state index contributed by atoms with van der Waals surface area (Å²) in [5, 5.41) is 9.24. The number of rotatable bonds is 1. The second-order valence-corrected chi connectivity index (χ2v) is 6.82. The molecule has 1 rings (SSSR count). The fraction of sp³-hybridized carbons (Fsp3) is 0.923. The highest BCUT2D eigenvalue weighted by atomic mass is 16.4. The van der Waals surface area contributed by atoms with E-state index < -0.39 is 5.97 Å². The van der Waals surface area contributed by atoms with Crippen LogP contribution in [0.2, 0.25) is 0 Å². The summed E-state index contributed by atoms with van der Waals surface area (Å²) in [4.78, 5) is 11.2. The van der Waals surface area contributed by atoms with Gasteiger partial charge < -0.3 is 5.11 Å². The number of aliphatic carboxylic acids is 1. The molecule has 15 heavy (non-hydrogen) atoms. The van der Waals surface area contributed by atoms with Gasteiger partial charge in [0.2, 0.25) is 0 Å². The zero-order valence-electron chi connectivity index (χ0n) is 10.6. The first-order valence-corrected chi connectivity index (χ1v) is 5.86. The topological polar surface area (TPSA) is 37.3 Å². The average molecular weight is 212 g/mol. The van der Waals surface area contributed by atoms with Gasteiger partial charge in [-0.05, 0) is 36.0 Å². The summed E-state index contributed by atoms with van der Waals surface area (Å²) >= 11 is 0. The Hall–Kier alpha value is -0.530. The molecule has 1 fully saturated rings. The molecule has 0 saturated heterocycles. The maximum atomic E-state index is 11.2. The molecule has 0 aliphatic heterocycles. The zero-order valence-corrected chi connectivity index (χ0v) is 10.6. The van der Waals surface area contributed by atoms with Crippen LogP contribution in [0, 0.1) is 22.7 Å². The molecule has 0 aromatic carbocycles. The predicted octanol–water partition coefficient (Wildman–Crippen LogP) is 3.56. The largest absolute Gasteiger partial charge is 0.481 e. The number of carboxylic acids is 1. The van der Waals surface area contributed by atoms with E-state index in [4.69, 9.17) is 0 Å². The van der Waals surface area contributed by atoms with E-state index in [0.29, 0.717) is 11.3 Å². The summed E-state index contributed by atoms with van der Waals surface area (Å²) in [5.41, 5.74) is 0.407. The van der Waals surface area contributed by atoms with Crippen LogP contribution in [0.4, 0.5) is 0 Å². The SMILES string of the molecule is CC1(C)CCC(C(=O)O)C(C(C)(C)C)C1. The van der Waals surface area contributed by atoms with Crippen LogP contribution < -0.4 is 0 Å². The summed E-state index contributed by atoms with van der Waals surface area (Å²) in [6.07, 6.45) is 2.91. The quantitative estimate of drug-likeness (QED) is 0.721. The Labute approximate surface area is 93.1 Å². The summed E-state index contributed by atoms with van der Waals surface area (Å²) in [6, 6.07) is 0. The normalized spacial score (nSPS) is 31.3. The van der Waals surface area contributed by atoms with Crippen LogP contribution in [0.5, 0.6) is 0 Å². The molecule has 2 nitrogen and oxygen atoms in total. The third kappa shape index (κ3) is 2.96. The second kappa shape index (κ2) is 3.80. The molecule has 2 heteroatoms. The number of carboxylic acid groups (broad SMARTS) is 1. The predicted molar refractivity (Wildman–Crippen MR) is 61.7 cm³/mol. The van der Waals surface area contributed by atoms with Crippen molar-refractivity contribution in [1.29, 1.82) is 0 Å². The lowest BCUT2D eigenvalue weighted by Crippen LogP contribution is -2.40. The van der Waals surface area contributed by atoms with E-state index in [1.807, 2.05) is 0 Å². The molecule has 1 N–H and O–H groups in total. The van der Waals surface area contributed by atoms with Crippen molar-refractivity contribution < 1.29 is 9.90 Å². The molecule has 1 aliphatic rings. The zero-order chi connectivity index (χ0) is 11.9. The van der Waals surface area contributed by atoms with Gasteiger partial charge in [0.15, 0.2) is 0 Å². The van der Waals surface area contributed by atoms with Gasteiger partial charge in [0.25, 0.3) is 0 Å². The van der Waals surface area contributed by atoms with Crippen LogP contribution in [0.3, 0.4) is 0 Å². The number of carbonyl (C=O) groups is 1. The van der Waals surface area contributed by atoms with Gasteiger partial charge in [-0.1, -0.05) is 34.6 Å². The molecule has 2 unspecified atom stereocenters. The molecular weight excluding hydrogens is 188 g/mol. The van der Waals surface area contributed by atoms with Gasteiger partial charge in [0, 0.05) is 0 Å². The van der Waals surface area contributed by atoms with Gasteiger partial charge in [-0.2, -0.15) is 0 Å². The van der Waals surface area contributed by atoms with Crippen LogP contribution in [-0.4, -0.2) is 11.1 Å². The van der Waals surface area contributed by atoms with E-state index in [1.165, 1.54) is 0 Å². The van der Waals surface area contributed by atoms with E-state index in [1.54, 1.807) is 0 Å². The van der Waals surface area contributed by atoms with E-state index in [9.17, 15) is 9.90 Å². The van der Waals surface area contributed by atoms with Gasteiger partial charge in [0.1, 0.15) is 0 Å². The molecule has 0 bridgehead atoms. The highest BCUT2D eigenvalue weighted by molar-refractivity contribution is 5.70. The van der Waals surface area contributed by atoms with Crippen molar-refractivity contribution in [3.63, 3.8) is 0 Å². The molecular formula is C13H24O2. The monoisotopic (exact) mass is 212 g/mol. The molecule has 0 heterocycles. The highest BCUT2D eigenvalue weighted by Gasteiger charge is 2.43. The minimum Gasteiger partial charge on any atom is -0.481 e. The molecule has 0 aromatic heterocycles. The van der Waals surface area contributed by atoms with Crippen molar-refractivity contribution in [2.24, 2.45) is 22.7 Å². The first-order chi connectivity index (χ1) is 6.63. The van der Waals surface area contributed by atoms with E-state index >= 15 is 0 Å². The van der Waals surface area contributed by atoms with Gasteiger partial charge >= 0.3 is 5.97 Å². The Kier molecular flexibility index (Phi) is 3.18. The highest BCUT2D eigenvalue weighted by Crippen LogP contribution is 2.48. The Morgan fingerprint density at radius 2 is 1.87 bits per heavy atom. The maximum absolute atomic E-state index is 11.2. The molecule has 1 saturated carbocycles. The van der Waals surface area contributed by atoms with Crippen molar-refractivity contribution >= 4 is 5.97 Å². The first-order valence-electron chi connectivity index (χ1n) is 5.86. The van der Waals surface area contributed by atoms with Crippen molar-refractivity contribution in [3.8, 4) is 0 Å². The molecule has 0 spiro atoms. The van der Waals surface area contributed by atoms with E-state index in [0.717, 1.165) is 19.3 Å². The van der Waals surface area contributed by atoms with Gasteiger partial charge in [-0.25, -0.2) is 0 Å². The van der Waals surface area contributed by atoms with Crippen molar-refractivity contribution in [2.45, 2.75) is 53.9 Å². The van der Waals surface area contributed by atoms with Gasteiger partial charge in [-0.3, -0.25) is 4.79 Å². The Bertz CT molecular complexity index is 248. The number of hydrogen-bond acceptors (Lipinski definition) is 1. The molecule has 0 aromatic rings. The standard InChI is InChI=1S/C13H24O2/c1-12(2,3)10-8-13(4,5)7-6-9(10)11(14)15/h9-10H,6-8H2,1-5H3,(H,14,15). The van der Waals surface area contributed by atoms with E-state index in [2.05, 4.69) is 34.6 Å². The molecule has 2 atom stereocenters. The van der Waals surface area contributed by atoms with Crippen molar-refractivity contribution in [1.82, 2.24) is 0 Å². The van der Waals surface area contributed by atoms with Crippen LogP contribution in [0.25, 0.3) is 0 Å². The summed E-state index contributed by atoms with van der Waals surface area (Å²) in [7, 11) is 0. The fourth-order valence-corrected chi connectivity index (χ4v) is 2.79. The third-order valence-electron chi connectivity index (χ3n) is 3.82. The van der Waals surface area contributed by atoms with Crippen molar-refractivity contribution in [3.05, 3.63) is 0 Å². The lowest BCUT2D eigenvalue weighted by molar-refractivity contribution is -0.148. The minimum absolute atomic E-state index is 0.0980. The second-order valence-electron chi connectivity index (χ2n) is 6.82. The molecule has 88 valence electrons. The van der Waals surface area contributed by atoms with Crippen LogP contribution in [-0.2, 0) is 4.79 Å².